The fourth-order valence-electron chi connectivity index (χ4n) is 1.85. The van der Waals surface area contributed by atoms with Gasteiger partial charge in [0.1, 0.15) is 0 Å². The molecule has 2 rings (SSSR count). The van der Waals surface area contributed by atoms with Crippen LogP contribution in [0.5, 0.6) is 0 Å². The van der Waals surface area contributed by atoms with Crippen LogP contribution in [0.25, 0.3) is 0 Å². The maximum atomic E-state index is 11.9. The van der Waals surface area contributed by atoms with Gasteiger partial charge in [0.05, 0.1) is 18.3 Å². The van der Waals surface area contributed by atoms with Crippen molar-refractivity contribution in [2.75, 3.05) is 10.6 Å². The Morgan fingerprint density at radius 1 is 1.29 bits per heavy atom. The monoisotopic (exact) mass is 288 g/mol. The van der Waals surface area contributed by atoms with Crippen LogP contribution in [0.15, 0.2) is 36.7 Å². The number of rotatable bonds is 5. The number of anilines is 2. The van der Waals surface area contributed by atoms with Crippen molar-refractivity contribution in [3.8, 4) is 0 Å². The molecule has 7 heteroatoms. The molecule has 1 aromatic carbocycles. The molecule has 0 bridgehead atoms. The summed E-state index contributed by atoms with van der Waals surface area (Å²) in [5.74, 6) is -0.950. The molecule has 0 saturated heterocycles. The number of amides is 2. The SMILES string of the molecule is CCn1cc(NC(=O)Nc2ccccc2CC(=O)O)cn1. The quantitative estimate of drug-likeness (QED) is 0.785. The van der Waals surface area contributed by atoms with Gasteiger partial charge in [0.25, 0.3) is 0 Å². The maximum Gasteiger partial charge on any atom is 0.323 e. The molecule has 7 nitrogen and oxygen atoms in total. The number of urea groups is 1. The Bertz CT molecular complexity index is 651. The molecule has 2 aromatic rings. The van der Waals surface area contributed by atoms with Gasteiger partial charge >= 0.3 is 12.0 Å². The van der Waals surface area contributed by atoms with Crippen LogP contribution in [0.2, 0.25) is 0 Å². The molecule has 1 aromatic heterocycles. The summed E-state index contributed by atoms with van der Waals surface area (Å²) in [5.41, 5.74) is 1.59. The van der Waals surface area contributed by atoms with Crippen molar-refractivity contribution in [1.29, 1.82) is 0 Å². The van der Waals surface area contributed by atoms with Crippen molar-refractivity contribution in [2.24, 2.45) is 0 Å². The van der Waals surface area contributed by atoms with Gasteiger partial charge < -0.3 is 15.7 Å². The molecule has 0 radical (unpaired) electrons. The number of benzene rings is 1. The predicted molar refractivity (Wildman–Crippen MR) is 78.3 cm³/mol. The molecular weight excluding hydrogens is 272 g/mol. The van der Waals surface area contributed by atoms with Crippen LogP contribution in [-0.4, -0.2) is 26.9 Å². The summed E-state index contributed by atoms with van der Waals surface area (Å²) in [6.45, 7) is 2.66. The Labute approximate surface area is 121 Å². The number of carboxylic acids is 1. The summed E-state index contributed by atoms with van der Waals surface area (Å²) in [6, 6.07) is 6.35. The van der Waals surface area contributed by atoms with Crippen molar-refractivity contribution in [1.82, 2.24) is 9.78 Å². The highest BCUT2D eigenvalue weighted by Crippen LogP contribution is 2.16. The molecule has 0 unspecified atom stereocenters. The molecule has 2 amide bonds. The number of carbonyl (C=O) groups excluding carboxylic acids is 1. The normalized spacial score (nSPS) is 10.1. The first kappa shape index (κ1) is 14.6. The van der Waals surface area contributed by atoms with Crippen LogP contribution in [0.3, 0.4) is 0 Å². The zero-order valence-electron chi connectivity index (χ0n) is 11.5. The maximum absolute atomic E-state index is 11.9. The first-order valence-corrected chi connectivity index (χ1v) is 6.48. The van der Waals surface area contributed by atoms with Crippen molar-refractivity contribution in [2.45, 2.75) is 19.9 Å². The number of aryl methyl sites for hydroxylation is 1. The smallest absolute Gasteiger partial charge is 0.323 e. The second kappa shape index (κ2) is 6.56. The van der Waals surface area contributed by atoms with E-state index in [1.165, 1.54) is 0 Å². The zero-order chi connectivity index (χ0) is 15.2. The van der Waals surface area contributed by atoms with Gasteiger partial charge in [-0.3, -0.25) is 9.48 Å². The average molecular weight is 288 g/mol. The number of nitrogens with zero attached hydrogens (tertiary/aromatic N) is 2. The Kier molecular flexibility index (Phi) is 4.55. The summed E-state index contributed by atoms with van der Waals surface area (Å²) in [4.78, 5) is 22.7. The van der Waals surface area contributed by atoms with Crippen LogP contribution >= 0.6 is 0 Å². The molecule has 0 saturated carbocycles. The number of hydrogen-bond donors (Lipinski definition) is 3. The first-order chi connectivity index (χ1) is 10.1. The fourth-order valence-corrected chi connectivity index (χ4v) is 1.85. The van der Waals surface area contributed by atoms with Crippen LogP contribution in [0.4, 0.5) is 16.2 Å². The molecule has 0 aliphatic heterocycles. The number of carbonyl (C=O) groups is 2. The van der Waals surface area contributed by atoms with Gasteiger partial charge in [-0.15, -0.1) is 0 Å². The minimum atomic E-state index is -0.950. The van der Waals surface area contributed by atoms with Crippen LogP contribution in [-0.2, 0) is 17.8 Å². The lowest BCUT2D eigenvalue weighted by Gasteiger charge is -2.09. The number of nitrogens with one attached hydrogen (secondary N) is 2. The summed E-state index contributed by atoms with van der Waals surface area (Å²) in [5, 5.41) is 18.2. The van der Waals surface area contributed by atoms with E-state index in [-0.39, 0.29) is 6.42 Å². The fraction of sp³-hybridized carbons (Fsp3) is 0.214. The van der Waals surface area contributed by atoms with E-state index in [9.17, 15) is 9.59 Å². The number of para-hydroxylation sites is 1. The van der Waals surface area contributed by atoms with Gasteiger partial charge in [0, 0.05) is 18.4 Å². The second-order valence-corrected chi connectivity index (χ2v) is 4.39. The van der Waals surface area contributed by atoms with E-state index in [1.54, 1.807) is 41.3 Å². The largest absolute Gasteiger partial charge is 0.481 e. The average Bonchev–Trinajstić information content (AvgIpc) is 2.88. The van der Waals surface area contributed by atoms with E-state index in [1.807, 2.05) is 6.92 Å². The van der Waals surface area contributed by atoms with Crippen molar-refractivity contribution < 1.29 is 14.7 Å². The van der Waals surface area contributed by atoms with Crippen LogP contribution < -0.4 is 10.6 Å². The minimum absolute atomic E-state index is 0.149. The second-order valence-electron chi connectivity index (χ2n) is 4.39. The Balaban J connectivity index is 2.03. The van der Waals surface area contributed by atoms with Gasteiger partial charge in [-0.25, -0.2) is 4.79 Å². The molecule has 0 aliphatic rings. The Morgan fingerprint density at radius 2 is 2.05 bits per heavy atom. The Hall–Kier alpha value is -2.83. The highest BCUT2D eigenvalue weighted by molar-refractivity contribution is 6.00. The lowest BCUT2D eigenvalue weighted by atomic mass is 10.1. The van der Waals surface area contributed by atoms with Crippen LogP contribution in [0, 0.1) is 0 Å². The van der Waals surface area contributed by atoms with Gasteiger partial charge in [0.15, 0.2) is 0 Å². The number of aromatic nitrogens is 2. The van der Waals surface area contributed by atoms with Crippen molar-refractivity contribution in [3.63, 3.8) is 0 Å². The van der Waals surface area contributed by atoms with E-state index in [0.29, 0.717) is 23.5 Å². The topological polar surface area (TPSA) is 96.2 Å². The summed E-state index contributed by atoms with van der Waals surface area (Å²) in [7, 11) is 0. The third-order valence-electron chi connectivity index (χ3n) is 2.82. The zero-order valence-corrected chi connectivity index (χ0v) is 11.5. The predicted octanol–water partition coefficient (Wildman–Crippen LogP) is 2.17. The summed E-state index contributed by atoms with van der Waals surface area (Å²) < 4.78 is 1.69. The number of aliphatic carboxylic acids is 1. The molecule has 21 heavy (non-hydrogen) atoms. The lowest BCUT2D eigenvalue weighted by Crippen LogP contribution is -2.20. The summed E-state index contributed by atoms with van der Waals surface area (Å²) in [6.07, 6.45) is 3.11. The van der Waals surface area contributed by atoms with E-state index < -0.39 is 12.0 Å². The third-order valence-corrected chi connectivity index (χ3v) is 2.82. The van der Waals surface area contributed by atoms with E-state index in [0.717, 1.165) is 0 Å². The first-order valence-electron chi connectivity index (χ1n) is 6.48. The van der Waals surface area contributed by atoms with Gasteiger partial charge in [-0.05, 0) is 18.6 Å². The number of hydrogen-bond acceptors (Lipinski definition) is 3. The van der Waals surface area contributed by atoms with Gasteiger partial charge in [0.2, 0.25) is 0 Å². The van der Waals surface area contributed by atoms with Crippen LogP contribution in [0.1, 0.15) is 12.5 Å². The highest BCUT2D eigenvalue weighted by atomic mass is 16.4. The lowest BCUT2D eigenvalue weighted by molar-refractivity contribution is -0.136. The molecule has 0 aliphatic carbocycles. The summed E-state index contributed by atoms with van der Waals surface area (Å²) >= 11 is 0. The van der Waals surface area contributed by atoms with E-state index in [2.05, 4.69) is 15.7 Å². The van der Waals surface area contributed by atoms with Gasteiger partial charge in [-0.2, -0.15) is 5.10 Å². The van der Waals surface area contributed by atoms with Crippen molar-refractivity contribution >= 4 is 23.4 Å². The molecule has 1 heterocycles. The standard InChI is InChI=1S/C14H16N4O3/c1-2-18-9-11(8-15-18)16-14(21)17-12-6-4-3-5-10(12)7-13(19)20/h3-6,8-9H,2,7H2,1H3,(H,19,20)(H2,16,17,21). The minimum Gasteiger partial charge on any atom is -0.481 e. The third kappa shape index (κ3) is 4.07. The molecule has 110 valence electrons. The van der Waals surface area contributed by atoms with E-state index in [4.69, 9.17) is 5.11 Å². The molecule has 0 fully saturated rings. The van der Waals surface area contributed by atoms with Gasteiger partial charge in [-0.1, -0.05) is 18.2 Å². The van der Waals surface area contributed by atoms with Crippen molar-refractivity contribution in [3.05, 3.63) is 42.2 Å². The molecule has 0 atom stereocenters. The highest BCUT2D eigenvalue weighted by Gasteiger charge is 2.10. The Morgan fingerprint density at radius 3 is 2.71 bits per heavy atom. The van der Waals surface area contributed by atoms with E-state index >= 15 is 0 Å². The molecule has 0 spiro atoms. The molecule has 3 N–H and O–H groups in total. The molecular formula is C14H16N4O3. The number of carboxylic acid groups (broad SMARTS) is 1.